The molecule has 2 heterocycles. The molecule has 8 heteroatoms. The number of hydrogen-bond acceptors (Lipinski definition) is 4. The van der Waals surface area contributed by atoms with E-state index in [1.807, 2.05) is 58.0 Å². The summed E-state index contributed by atoms with van der Waals surface area (Å²) in [5.74, 6) is -0.585. The maximum atomic E-state index is 13.1. The first-order valence-corrected chi connectivity index (χ1v) is 11.3. The van der Waals surface area contributed by atoms with Crippen LogP contribution >= 0.6 is 0 Å². The number of benzene rings is 1. The van der Waals surface area contributed by atoms with Crippen molar-refractivity contribution in [2.45, 2.75) is 53.2 Å². The Morgan fingerprint density at radius 2 is 1.81 bits per heavy atom. The summed E-state index contributed by atoms with van der Waals surface area (Å²) in [5, 5.41) is 10.0. The summed E-state index contributed by atoms with van der Waals surface area (Å²) in [5.41, 5.74) is 1.60. The Balaban J connectivity index is 1.73. The van der Waals surface area contributed by atoms with Gasteiger partial charge < -0.3 is 15.5 Å². The molecule has 1 aromatic carbocycles. The molecular formula is C24H33N5O3. The third-order valence-electron chi connectivity index (χ3n) is 5.45. The van der Waals surface area contributed by atoms with Gasteiger partial charge in [-0.2, -0.15) is 5.10 Å². The van der Waals surface area contributed by atoms with Gasteiger partial charge in [-0.3, -0.25) is 19.1 Å². The first-order chi connectivity index (χ1) is 15.3. The molecule has 1 aromatic heterocycles. The molecule has 0 saturated heterocycles. The van der Waals surface area contributed by atoms with Crippen LogP contribution in [-0.4, -0.2) is 51.5 Å². The van der Waals surface area contributed by atoms with Gasteiger partial charge in [0.05, 0.1) is 0 Å². The lowest BCUT2D eigenvalue weighted by Crippen LogP contribution is -2.50. The van der Waals surface area contributed by atoms with Gasteiger partial charge in [-0.05, 0) is 23.8 Å². The second-order valence-electron chi connectivity index (χ2n) is 9.04. The summed E-state index contributed by atoms with van der Waals surface area (Å²) in [6.45, 7) is 10.0. The maximum Gasteiger partial charge on any atom is 0.272 e. The highest BCUT2D eigenvalue weighted by molar-refractivity contribution is 5.99. The molecule has 1 aliphatic heterocycles. The number of rotatable bonds is 8. The van der Waals surface area contributed by atoms with Gasteiger partial charge in [0.15, 0.2) is 5.69 Å². The highest BCUT2D eigenvalue weighted by Gasteiger charge is 2.29. The van der Waals surface area contributed by atoms with E-state index in [0.29, 0.717) is 37.8 Å². The summed E-state index contributed by atoms with van der Waals surface area (Å²) >= 11 is 0. The van der Waals surface area contributed by atoms with Crippen LogP contribution in [0.5, 0.6) is 0 Å². The topological polar surface area (TPSA) is 96.3 Å². The van der Waals surface area contributed by atoms with Crippen molar-refractivity contribution in [1.82, 2.24) is 25.3 Å². The van der Waals surface area contributed by atoms with Crippen LogP contribution in [0.1, 0.15) is 60.7 Å². The van der Waals surface area contributed by atoms with Crippen molar-refractivity contribution >= 4 is 17.7 Å². The Labute approximate surface area is 189 Å². The second kappa shape index (κ2) is 10.4. The van der Waals surface area contributed by atoms with E-state index in [1.54, 1.807) is 9.58 Å². The minimum atomic E-state index is -0.673. The number of aryl methyl sites for hydroxylation is 1. The lowest BCUT2D eigenvalue weighted by Gasteiger charge is -2.22. The minimum Gasteiger partial charge on any atom is -0.354 e. The predicted octanol–water partition coefficient (Wildman–Crippen LogP) is 2.46. The molecule has 0 bridgehead atoms. The first kappa shape index (κ1) is 23.5. The summed E-state index contributed by atoms with van der Waals surface area (Å²) in [7, 11) is 0. The van der Waals surface area contributed by atoms with E-state index in [9.17, 15) is 14.4 Å². The molecule has 2 aromatic rings. The Morgan fingerprint density at radius 1 is 1.09 bits per heavy atom. The minimum absolute atomic E-state index is 0.0884. The van der Waals surface area contributed by atoms with Crippen molar-refractivity contribution in [2.75, 3.05) is 13.1 Å². The van der Waals surface area contributed by atoms with Crippen LogP contribution in [-0.2, 0) is 17.9 Å². The van der Waals surface area contributed by atoms with E-state index < -0.39 is 11.9 Å². The van der Waals surface area contributed by atoms with Gasteiger partial charge in [0.25, 0.3) is 11.8 Å². The van der Waals surface area contributed by atoms with Crippen molar-refractivity contribution in [1.29, 1.82) is 0 Å². The van der Waals surface area contributed by atoms with Crippen molar-refractivity contribution in [3.8, 4) is 0 Å². The Hall–Kier alpha value is -3.16. The smallest absolute Gasteiger partial charge is 0.272 e. The Kier molecular flexibility index (Phi) is 7.66. The molecule has 8 nitrogen and oxygen atoms in total. The van der Waals surface area contributed by atoms with E-state index in [-0.39, 0.29) is 23.4 Å². The van der Waals surface area contributed by atoms with E-state index in [1.165, 1.54) is 6.07 Å². The van der Waals surface area contributed by atoms with Gasteiger partial charge in [-0.15, -0.1) is 0 Å². The molecular weight excluding hydrogens is 406 g/mol. The van der Waals surface area contributed by atoms with Crippen molar-refractivity contribution in [3.05, 3.63) is 53.3 Å². The average molecular weight is 440 g/mol. The normalized spacial score (nSPS) is 14.8. The molecule has 0 spiro atoms. The van der Waals surface area contributed by atoms with Crippen molar-refractivity contribution in [3.63, 3.8) is 0 Å². The quantitative estimate of drug-likeness (QED) is 0.660. The van der Waals surface area contributed by atoms with Crippen LogP contribution in [0, 0.1) is 11.8 Å². The fraction of sp³-hybridized carbons (Fsp3) is 0.500. The van der Waals surface area contributed by atoms with Crippen LogP contribution in [0.25, 0.3) is 0 Å². The number of hydrogen-bond donors (Lipinski definition) is 2. The van der Waals surface area contributed by atoms with Crippen LogP contribution in [0.2, 0.25) is 0 Å². The molecule has 0 aliphatic carbocycles. The number of amides is 3. The van der Waals surface area contributed by atoms with Crippen molar-refractivity contribution < 1.29 is 14.4 Å². The van der Waals surface area contributed by atoms with E-state index in [0.717, 1.165) is 12.0 Å². The maximum absolute atomic E-state index is 13.1. The number of nitrogens with zero attached hydrogens (tertiary/aromatic N) is 3. The fourth-order valence-corrected chi connectivity index (χ4v) is 3.66. The molecule has 1 unspecified atom stereocenters. The number of carbonyl (C=O) groups is 3. The zero-order chi connectivity index (χ0) is 23.3. The number of carbonyl (C=O) groups excluding carboxylic acids is 3. The second-order valence-corrected chi connectivity index (χ2v) is 9.04. The van der Waals surface area contributed by atoms with E-state index in [4.69, 9.17) is 0 Å². The fourth-order valence-electron chi connectivity index (χ4n) is 3.66. The van der Waals surface area contributed by atoms with Gasteiger partial charge in [-0.1, -0.05) is 58.0 Å². The SMILES string of the molecule is CC(C)CNC(=O)C(NC(=O)c1cc2n(n1)CCCN(Cc1ccccc1)C2=O)C(C)C. The standard InChI is InChI=1S/C24H33N5O3/c1-16(2)14-25-23(31)21(17(3)4)26-22(30)19-13-20-24(32)28(11-8-12-29(20)27-19)15-18-9-6-5-7-10-18/h5-7,9-10,13,16-17,21H,8,11-12,14-15H2,1-4H3,(H,25,31)(H,26,30). The largest absolute Gasteiger partial charge is 0.354 e. The van der Waals surface area contributed by atoms with Gasteiger partial charge in [-0.25, -0.2) is 0 Å². The molecule has 32 heavy (non-hydrogen) atoms. The predicted molar refractivity (Wildman–Crippen MR) is 122 cm³/mol. The summed E-state index contributed by atoms with van der Waals surface area (Å²) in [6, 6.07) is 10.7. The van der Waals surface area contributed by atoms with E-state index >= 15 is 0 Å². The van der Waals surface area contributed by atoms with E-state index in [2.05, 4.69) is 15.7 Å². The molecule has 0 saturated carbocycles. The zero-order valence-electron chi connectivity index (χ0n) is 19.3. The molecule has 1 atom stereocenters. The Bertz CT molecular complexity index is 952. The monoisotopic (exact) mass is 439 g/mol. The van der Waals surface area contributed by atoms with Crippen LogP contribution in [0.3, 0.4) is 0 Å². The molecule has 172 valence electrons. The van der Waals surface area contributed by atoms with Gasteiger partial charge in [0, 0.05) is 32.2 Å². The van der Waals surface area contributed by atoms with Gasteiger partial charge in [0.2, 0.25) is 5.91 Å². The summed E-state index contributed by atoms with van der Waals surface area (Å²) in [4.78, 5) is 40.4. The van der Waals surface area contributed by atoms with Gasteiger partial charge >= 0.3 is 0 Å². The highest BCUT2D eigenvalue weighted by Crippen LogP contribution is 2.17. The van der Waals surface area contributed by atoms with Crippen molar-refractivity contribution in [2.24, 2.45) is 11.8 Å². The molecule has 1 aliphatic rings. The lowest BCUT2D eigenvalue weighted by atomic mass is 10.0. The number of nitrogens with one attached hydrogen (secondary N) is 2. The highest BCUT2D eigenvalue weighted by atomic mass is 16.2. The molecule has 3 rings (SSSR count). The van der Waals surface area contributed by atoms with Crippen LogP contribution in [0.4, 0.5) is 0 Å². The third-order valence-corrected chi connectivity index (χ3v) is 5.45. The molecule has 3 amide bonds. The number of aromatic nitrogens is 2. The Morgan fingerprint density at radius 3 is 2.47 bits per heavy atom. The first-order valence-electron chi connectivity index (χ1n) is 11.3. The molecule has 0 radical (unpaired) electrons. The van der Waals surface area contributed by atoms with Crippen LogP contribution in [0.15, 0.2) is 36.4 Å². The van der Waals surface area contributed by atoms with Crippen LogP contribution < -0.4 is 10.6 Å². The lowest BCUT2D eigenvalue weighted by molar-refractivity contribution is -0.124. The van der Waals surface area contributed by atoms with Gasteiger partial charge in [0.1, 0.15) is 11.7 Å². The molecule has 0 fully saturated rings. The zero-order valence-corrected chi connectivity index (χ0v) is 19.3. The third kappa shape index (κ3) is 5.75. The summed E-state index contributed by atoms with van der Waals surface area (Å²) in [6.07, 6.45) is 0.751. The number of fused-ring (bicyclic) bond motifs is 1. The molecule has 2 N–H and O–H groups in total. The summed E-state index contributed by atoms with van der Waals surface area (Å²) < 4.78 is 1.60. The average Bonchev–Trinajstić information content (AvgIpc) is 3.13.